The number of hydrogen-bond donors (Lipinski definition) is 1. The van der Waals surface area contributed by atoms with Crippen LogP contribution in [0.3, 0.4) is 0 Å². The van der Waals surface area contributed by atoms with Crippen LogP contribution in [-0.4, -0.2) is 19.3 Å². The van der Waals surface area contributed by atoms with E-state index < -0.39 is 0 Å². The third kappa shape index (κ3) is 2.46. The molecule has 2 atom stereocenters. The van der Waals surface area contributed by atoms with Crippen molar-refractivity contribution >= 4 is 0 Å². The Morgan fingerprint density at radius 2 is 2.18 bits per heavy atom. The minimum absolute atomic E-state index is 0.218. The molecule has 0 aromatic carbocycles. The van der Waals surface area contributed by atoms with E-state index in [1.54, 1.807) is 7.11 Å². The first kappa shape index (κ1) is 9.01. The van der Waals surface area contributed by atoms with Crippen LogP contribution in [0.15, 0.2) is 0 Å². The number of nitrogens with two attached hydrogens (primary N) is 1. The van der Waals surface area contributed by atoms with Crippen LogP contribution < -0.4 is 5.73 Å². The van der Waals surface area contributed by atoms with Crippen LogP contribution in [0.2, 0.25) is 0 Å². The van der Waals surface area contributed by atoms with Gasteiger partial charge in [0.15, 0.2) is 0 Å². The second-order valence-corrected chi connectivity index (χ2v) is 3.64. The van der Waals surface area contributed by atoms with Crippen LogP contribution in [0.25, 0.3) is 0 Å². The first-order valence-corrected chi connectivity index (χ1v) is 4.52. The Morgan fingerprint density at radius 1 is 1.55 bits per heavy atom. The molecular weight excluding hydrogens is 138 g/mol. The minimum Gasteiger partial charge on any atom is -0.380 e. The Bertz CT molecular complexity index is 112. The molecule has 0 heterocycles. The summed E-state index contributed by atoms with van der Waals surface area (Å²) in [5.74, 6) is 0.891. The highest BCUT2D eigenvalue weighted by Crippen LogP contribution is 2.30. The molecule has 1 fully saturated rings. The smallest absolute Gasteiger partial charge is 0.0694 e. The van der Waals surface area contributed by atoms with E-state index in [1.807, 2.05) is 6.92 Å². The van der Waals surface area contributed by atoms with Crippen LogP contribution in [0.1, 0.15) is 32.6 Å². The first-order chi connectivity index (χ1) is 5.24. The molecule has 2 heteroatoms. The summed E-state index contributed by atoms with van der Waals surface area (Å²) in [4.78, 5) is 0. The maximum Gasteiger partial charge on any atom is 0.0694 e. The van der Waals surface area contributed by atoms with E-state index in [1.165, 1.54) is 19.3 Å². The second kappa shape index (κ2) is 4.07. The summed E-state index contributed by atoms with van der Waals surface area (Å²) in [6, 6.07) is 0.241. The SMILES string of the molecule is COC(C)C(N)CC1CCC1. The van der Waals surface area contributed by atoms with Gasteiger partial charge >= 0.3 is 0 Å². The summed E-state index contributed by atoms with van der Waals surface area (Å²) >= 11 is 0. The largest absolute Gasteiger partial charge is 0.380 e. The van der Waals surface area contributed by atoms with Gasteiger partial charge in [-0.3, -0.25) is 0 Å². The second-order valence-electron chi connectivity index (χ2n) is 3.64. The monoisotopic (exact) mass is 157 g/mol. The zero-order valence-electron chi connectivity index (χ0n) is 7.55. The highest BCUT2D eigenvalue weighted by atomic mass is 16.5. The van der Waals surface area contributed by atoms with E-state index in [0.29, 0.717) is 0 Å². The van der Waals surface area contributed by atoms with E-state index in [9.17, 15) is 0 Å². The lowest BCUT2D eigenvalue weighted by Gasteiger charge is -2.29. The fraction of sp³-hybridized carbons (Fsp3) is 1.00. The van der Waals surface area contributed by atoms with Crippen molar-refractivity contribution in [3.63, 3.8) is 0 Å². The Hall–Kier alpha value is -0.0800. The van der Waals surface area contributed by atoms with Crippen molar-refractivity contribution in [3.8, 4) is 0 Å². The Balaban J connectivity index is 2.13. The highest BCUT2D eigenvalue weighted by molar-refractivity contribution is 4.78. The van der Waals surface area contributed by atoms with E-state index in [2.05, 4.69) is 0 Å². The van der Waals surface area contributed by atoms with Gasteiger partial charge in [-0.2, -0.15) is 0 Å². The lowest BCUT2D eigenvalue weighted by molar-refractivity contribution is 0.0810. The molecule has 0 amide bonds. The number of rotatable bonds is 4. The number of ether oxygens (including phenoxy) is 1. The molecule has 2 unspecified atom stereocenters. The lowest BCUT2D eigenvalue weighted by Crippen LogP contribution is -2.36. The molecule has 2 N–H and O–H groups in total. The molecule has 1 aliphatic carbocycles. The molecule has 2 nitrogen and oxygen atoms in total. The van der Waals surface area contributed by atoms with Crippen molar-refractivity contribution in [1.29, 1.82) is 0 Å². The zero-order chi connectivity index (χ0) is 8.27. The maximum atomic E-state index is 5.91. The Morgan fingerprint density at radius 3 is 2.55 bits per heavy atom. The summed E-state index contributed by atoms with van der Waals surface area (Å²) in [5, 5.41) is 0. The van der Waals surface area contributed by atoms with Crippen LogP contribution in [0.5, 0.6) is 0 Å². The quantitative estimate of drug-likeness (QED) is 0.672. The molecular formula is C9H19NO. The first-order valence-electron chi connectivity index (χ1n) is 4.52. The summed E-state index contributed by atoms with van der Waals surface area (Å²) in [6.45, 7) is 2.04. The standard InChI is InChI=1S/C9H19NO/c1-7(11-2)9(10)6-8-4-3-5-8/h7-9H,3-6,10H2,1-2H3. The van der Waals surface area contributed by atoms with Crippen molar-refractivity contribution in [2.75, 3.05) is 7.11 Å². The van der Waals surface area contributed by atoms with E-state index in [4.69, 9.17) is 10.5 Å². The van der Waals surface area contributed by atoms with Gasteiger partial charge in [0.1, 0.15) is 0 Å². The van der Waals surface area contributed by atoms with Crippen molar-refractivity contribution in [1.82, 2.24) is 0 Å². The van der Waals surface area contributed by atoms with Gasteiger partial charge in [-0.15, -0.1) is 0 Å². The van der Waals surface area contributed by atoms with Crippen LogP contribution in [-0.2, 0) is 4.74 Å². The fourth-order valence-electron chi connectivity index (χ4n) is 1.48. The van der Waals surface area contributed by atoms with Gasteiger partial charge < -0.3 is 10.5 Å². The van der Waals surface area contributed by atoms with Gasteiger partial charge in [0.2, 0.25) is 0 Å². The van der Waals surface area contributed by atoms with E-state index >= 15 is 0 Å². The Kier molecular flexibility index (Phi) is 3.34. The van der Waals surface area contributed by atoms with E-state index in [0.717, 1.165) is 12.3 Å². The molecule has 1 rings (SSSR count). The van der Waals surface area contributed by atoms with Crippen LogP contribution in [0.4, 0.5) is 0 Å². The maximum absolute atomic E-state index is 5.91. The average molecular weight is 157 g/mol. The van der Waals surface area contributed by atoms with Crippen molar-refractivity contribution < 1.29 is 4.74 Å². The van der Waals surface area contributed by atoms with Gasteiger partial charge in [0, 0.05) is 13.2 Å². The molecule has 1 saturated carbocycles. The molecule has 0 spiro atoms. The molecule has 1 aliphatic rings. The highest BCUT2D eigenvalue weighted by Gasteiger charge is 2.22. The summed E-state index contributed by atoms with van der Waals surface area (Å²) < 4.78 is 5.16. The normalized spacial score (nSPS) is 24.3. The Labute approximate surface area is 69.1 Å². The molecule has 0 saturated heterocycles. The van der Waals surface area contributed by atoms with Crippen molar-refractivity contribution in [3.05, 3.63) is 0 Å². The van der Waals surface area contributed by atoms with Gasteiger partial charge in [0.25, 0.3) is 0 Å². The number of methoxy groups -OCH3 is 1. The van der Waals surface area contributed by atoms with Crippen LogP contribution >= 0.6 is 0 Å². The van der Waals surface area contributed by atoms with Gasteiger partial charge in [-0.05, 0) is 19.3 Å². The molecule has 11 heavy (non-hydrogen) atoms. The van der Waals surface area contributed by atoms with Gasteiger partial charge in [-0.1, -0.05) is 19.3 Å². The zero-order valence-corrected chi connectivity index (χ0v) is 7.55. The number of hydrogen-bond acceptors (Lipinski definition) is 2. The van der Waals surface area contributed by atoms with Crippen molar-refractivity contribution in [2.45, 2.75) is 44.8 Å². The van der Waals surface area contributed by atoms with Crippen molar-refractivity contribution in [2.24, 2.45) is 11.7 Å². The molecule has 0 aromatic rings. The summed E-state index contributed by atoms with van der Waals surface area (Å²) in [5.41, 5.74) is 5.91. The topological polar surface area (TPSA) is 35.2 Å². The predicted octanol–water partition coefficient (Wildman–Crippen LogP) is 1.54. The summed E-state index contributed by atoms with van der Waals surface area (Å²) in [6.07, 6.45) is 5.53. The predicted molar refractivity (Wildman–Crippen MR) is 46.4 cm³/mol. The third-order valence-electron chi connectivity index (χ3n) is 2.80. The minimum atomic E-state index is 0.218. The van der Waals surface area contributed by atoms with Crippen LogP contribution in [0, 0.1) is 5.92 Å². The third-order valence-corrected chi connectivity index (χ3v) is 2.80. The summed E-state index contributed by atoms with van der Waals surface area (Å²) in [7, 11) is 1.73. The van der Waals surface area contributed by atoms with Gasteiger partial charge in [0.05, 0.1) is 6.10 Å². The molecule has 0 aliphatic heterocycles. The molecule has 0 bridgehead atoms. The average Bonchev–Trinajstić information content (AvgIpc) is 1.94. The molecule has 66 valence electrons. The lowest BCUT2D eigenvalue weighted by atomic mass is 9.80. The van der Waals surface area contributed by atoms with Gasteiger partial charge in [-0.25, -0.2) is 0 Å². The van der Waals surface area contributed by atoms with E-state index in [-0.39, 0.29) is 12.1 Å². The molecule has 0 aromatic heterocycles. The fourth-order valence-corrected chi connectivity index (χ4v) is 1.48. The molecule has 0 radical (unpaired) electrons.